The van der Waals surface area contributed by atoms with Gasteiger partial charge in [-0.2, -0.15) is 0 Å². The van der Waals surface area contributed by atoms with Gasteiger partial charge >= 0.3 is 0 Å². The molecular formula is C8H16O4. The van der Waals surface area contributed by atoms with Crippen LogP contribution in [0.15, 0.2) is 0 Å². The van der Waals surface area contributed by atoms with Gasteiger partial charge in [-0.15, -0.1) is 0 Å². The van der Waals surface area contributed by atoms with Crippen LogP contribution in [-0.4, -0.2) is 43.9 Å². The molecule has 1 N–H and O–H groups in total. The van der Waals surface area contributed by atoms with Crippen molar-refractivity contribution in [3.63, 3.8) is 0 Å². The number of methoxy groups -OCH3 is 2. The summed E-state index contributed by atoms with van der Waals surface area (Å²) in [5.74, 6) is 0. The standard InChI is InChI=1S/C8H16O4/c1-5-8(9)6(10-2)4-7(11-3)12-5/h5-9H,4H2,1-3H3/t5-,6-,7-,8+/m0/s1. The lowest BCUT2D eigenvalue weighted by molar-refractivity contribution is -0.241. The monoisotopic (exact) mass is 176 g/mol. The fourth-order valence-corrected chi connectivity index (χ4v) is 1.39. The Kier molecular flexibility index (Phi) is 3.46. The van der Waals surface area contributed by atoms with Gasteiger partial charge in [-0.1, -0.05) is 0 Å². The van der Waals surface area contributed by atoms with E-state index in [4.69, 9.17) is 14.2 Å². The van der Waals surface area contributed by atoms with Crippen molar-refractivity contribution in [3.05, 3.63) is 0 Å². The first-order chi connectivity index (χ1) is 5.69. The van der Waals surface area contributed by atoms with Crippen molar-refractivity contribution < 1.29 is 19.3 Å². The molecule has 4 heteroatoms. The van der Waals surface area contributed by atoms with Crippen molar-refractivity contribution >= 4 is 0 Å². The van der Waals surface area contributed by atoms with Crippen LogP contribution in [0.5, 0.6) is 0 Å². The van der Waals surface area contributed by atoms with Crippen molar-refractivity contribution in [1.82, 2.24) is 0 Å². The second kappa shape index (κ2) is 4.18. The first kappa shape index (κ1) is 9.92. The second-order valence-electron chi connectivity index (χ2n) is 3.01. The number of aliphatic hydroxyl groups excluding tert-OH is 1. The molecule has 1 aliphatic rings. The number of hydrogen-bond donors (Lipinski definition) is 1. The summed E-state index contributed by atoms with van der Waals surface area (Å²) in [4.78, 5) is 0. The Hall–Kier alpha value is -0.160. The third-order valence-electron chi connectivity index (χ3n) is 2.22. The molecule has 12 heavy (non-hydrogen) atoms. The minimum atomic E-state index is -0.554. The van der Waals surface area contributed by atoms with E-state index in [2.05, 4.69) is 0 Å². The van der Waals surface area contributed by atoms with E-state index >= 15 is 0 Å². The maximum atomic E-state index is 9.55. The third kappa shape index (κ3) is 1.95. The summed E-state index contributed by atoms with van der Waals surface area (Å²) < 4.78 is 15.5. The molecule has 1 fully saturated rings. The molecule has 1 saturated heterocycles. The van der Waals surface area contributed by atoms with E-state index in [0.717, 1.165) is 0 Å². The van der Waals surface area contributed by atoms with Gasteiger partial charge in [-0.25, -0.2) is 0 Å². The fraction of sp³-hybridized carbons (Fsp3) is 1.00. The summed E-state index contributed by atoms with van der Waals surface area (Å²) in [6, 6.07) is 0. The Morgan fingerprint density at radius 2 is 2.00 bits per heavy atom. The summed E-state index contributed by atoms with van der Waals surface area (Å²) in [5, 5.41) is 9.55. The lowest BCUT2D eigenvalue weighted by atomic mass is 10.0. The van der Waals surface area contributed by atoms with Gasteiger partial charge in [0.2, 0.25) is 0 Å². The van der Waals surface area contributed by atoms with Crippen molar-refractivity contribution in [2.75, 3.05) is 14.2 Å². The van der Waals surface area contributed by atoms with E-state index in [1.165, 1.54) is 0 Å². The average Bonchev–Trinajstić information content (AvgIpc) is 2.09. The van der Waals surface area contributed by atoms with E-state index in [1.54, 1.807) is 14.2 Å². The molecule has 0 radical (unpaired) electrons. The van der Waals surface area contributed by atoms with E-state index in [-0.39, 0.29) is 18.5 Å². The fourth-order valence-electron chi connectivity index (χ4n) is 1.39. The molecule has 0 spiro atoms. The molecule has 0 unspecified atom stereocenters. The van der Waals surface area contributed by atoms with Crippen LogP contribution in [0.25, 0.3) is 0 Å². The van der Waals surface area contributed by atoms with Crippen molar-refractivity contribution in [2.24, 2.45) is 0 Å². The van der Waals surface area contributed by atoms with E-state index in [0.29, 0.717) is 6.42 Å². The van der Waals surface area contributed by atoms with Crippen LogP contribution in [0.4, 0.5) is 0 Å². The van der Waals surface area contributed by atoms with Crippen LogP contribution in [-0.2, 0) is 14.2 Å². The normalized spacial score (nSPS) is 43.0. The Morgan fingerprint density at radius 1 is 1.33 bits per heavy atom. The van der Waals surface area contributed by atoms with Crippen LogP contribution in [0.1, 0.15) is 13.3 Å². The van der Waals surface area contributed by atoms with Crippen LogP contribution < -0.4 is 0 Å². The molecule has 0 aliphatic carbocycles. The Labute approximate surface area is 72.4 Å². The zero-order valence-corrected chi connectivity index (χ0v) is 7.69. The van der Waals surface area contributed by atoms with Crippen molar-refractivity contribution in [2.45, 2.75) is 37.9 Å². The maximum absolute atomic E-state index is 9.55. The summed E-state index contributed by atoms with van der Waals surface area (Å²) in [6.45, 7) is 1.81. The zero-order valence-electron chi connectivity index (χ0n) is 7.69. The Morgan fingerprint density at radius 3 is 2.50 bits per heavy atom. The zero-order chi connectivity index (χ0) is 9.14. The molecule has 1 rings (SSSR count). The topological polar surface area (TPSA) is 47.9 Å². The number of rotatable bonds is 2. The van der Waals surface area contributed by atoms with Gasteiger partial charge in [0.25, 0.3) is 0 Å². The molecule has 1 aliphatic heterocycles. The van der Waals surface area contributed by atoms with Crippen molar-refractivity contribution in [1.29, 1.82) is 0 Å². The second-order valence-corrected chi connectivity index (χ2v) is 3.01. The van der Waals surface area contributed by atoms with Crippen LogP contribution in [0.3, 0.4) is 0 Å². The predicted octanol–water partition coefficient (Wildman–Crippen LogP) is 0.144. The lowest BCUT2D eigenvalue weighted by Gasteiger charge is -2.36. The van der Waals surface area contributed by atoms with Gasteiger partial charge in [-0.05, 0) is 6.92 Å². The number of ether oxygens (including phenoxy) is 3. The number of hydrogen-bond acceptors (Lipinski definition) is 4. The Balaban J connectivity index is 2.52. The lowest BCUT2D eigenvalue weighted by Crippen LogP contribution is -2.48. The van der Waals surface area contributed by atoms with E-state index < -0.39 is 6.10 Å². The Bertz CT molecular complexity index is 139. The van der Waals surface area contributed by atoms with E-state index in [9.17, 15) is 5.11 Å². The SMILES string of the molecule is CO[C@@H]1C[C@H](OC)[C@H](O)[C@H](C)O1. The first-order valence-electron chi connectivity index (χ1n) is 4.08. The molecule has 72 valence electrons. The molecule has 4 nitrogen and oxygen atoms in total. The van der Waals surface area contributed by atoms with Gasteiger partial charge < -0.3 is 19.3 Å². The van der Waals surface area contributed by atoms with Gasteiger partial charge in [0.1, 0.15) is 6.10 Å². The predicted molar refractivity (Wildman–Crippen MR) is 42.8 cm³/mol. The van der Waals surface area contributed by atoms with Crippen molar-refractivity contribution in [3.8, 4) is 0 Å². The van der Waals surface area contributed by atoms with Crippen LogP contribution >= 0.6 is 0 Å². The van der Waals surface area contributed by atoms with Gasteiger partial charge in [0, 0.05) is 20.6 Å². The molecule has 1 heterocycles. The number of aliphatic hydroxyl groups is 1. The minimum absolute atomic E-state index is 0.182. The van der Waals surface area contributed by atoms with Gasteiger partial charge in [0.05, 0.1) is 12.2 Å². The largest absolute Gasteiger partial charge is 0.388 e. The molecule has 0 amide bonds. The smallest absolute Gasteiger partial charge is 0.160 e. The maximum Gasteiger partial charge on any atom is 0.160 e. The molecule has 0 aromatic heterocycles. The summed E-state index contributed by atoms with van der Waals surface area (Å²) in [5.41, 5.74) is 0. The quantitative estimate of drug-likeness (QED) is 0.650. The van der Waals surface area contributed by atoms with Gasteiger partial charge in [-0.3, -0.25) is 0 Å². The molecule has 0 bridgehead atoms. The average molecular weight is 176 g/mol. The van der Waals surface area contributed by atoms with Crippen LogP contribution in [0.2, 0.25) is 0 Å². The minimum Gasteiger partial charge on any atom is -0.388 e. The highest BCUT2D eigenvalue weighted by molar-refractivity contribution is 4.80. The molecular weight excluding hydrogens is 160 g/mol. The molecule has 0 aromatic carbocycles. The summed E-state index contributed by atoms with van der Waals surface area (Å²) in [7, 11) is 3.17. The summed E-state index contributed by atoms with van der Waals surface area (Å²) >= 11 is 0. The molecule has 4 atom stereocenters. The highest BCUT2D eigenvalue weighted by Crippen LogP contribution is 2.22. The third-order valence-corrected chi connectivity index (χ3v) is 2.22. The molecule has 0 aromatic rings. The summed E-state index contributed by atoms with van der Waals surface area (Å²) in [6.07, 6.45) is -0.638. The van der Waals surface area contributed by atoms with Gasteiger partial charge in [0.15, 0.2) is 6.29 Å². The van der Waals surface area contributed by atoms with E-state index in [1.807, 2.05) is 6.92 Å². The van der Waals surface area contributed by atoms with Crippen LogP contribution in [0, 0.1) is 0 Å². The highest BCUT2D eigenvalue weighted by atomic mass is 16.7. The highest BCUT2D eigenvalue weighted by Gasteiger charge is 2.35. The first-order valence-corrected chi connectivity index (χ1v) is 4.08. The molecule has 0 saturated carbocycles.